The van der Waals surface area contributed by atoms with Gasteiger partial charge in [0.2, 0.25) is 0 Å². The van der Waals surface area contributed by atoms with Crippen molar-refractivity contribution in [2.75, 3.05) is 11.9 Å². The largest absolute Gasteiger partial charge is 0.480 e. The van der Waals surface area contributed by atoms with Crippen LogP contribution in [0.25, 0.3) is 0 Å². The summed E-state index contributed by atoms with van der Waals surface area (Å²) in [5, 5.41) is 12.8. The maximum Gasteiger partial charge on any atom is 0.329 e. The Hall–Kier alpha value is -1.55. The number of aliphatic carboxylic acids is 1. The molecule has 2 N–H and O–H groups in total. The first-order valence-electron chi connectivity index (χ1n) is 6.55. The van der Waals surface area contributed by atoms with E-state index >= 15 is 0 Å². The van der Waals surface area contributed by atoms with Gasteiger partial charge in [-0.1, -0.05) is 17.7 Å². The zero-order valence-electron chi connectivity index (χ0n) is 11.7. The van der Waals surface area contributed by atoms with Crippen LogP contribution in [0.5, 0.6) is 0 Å². The molecule has 0 saturated carbocycles. The van der Waals surface area contributed by atoms with Gasteiger partial charge in [0.1, 0.15) is 5.54 Å². The first-order valence-corrected chi connectivity index (χ1v) is 6.55. The van der Waals surface area contributed by atoms with E-state index in [0.717, 1.165) is 11.3 Å². The van der Waals surface area contributed by atoms with Crippen molar-refractivity contribution in [2.45, 2.75) is 44.8 Å². The second kappa shape index (κ2) is 4.85. The van der Waals surface area contributed by atoms with Crippen molar-refractivity contribution in [1.29, 1.82) is 0 Å². The Balaban J connectivity index is 2.25. The zero-order chi connectivity index (χ0) is 14.1. The van der Waals surface area contributed by atoms with Crippen molar-refractivity contribution in [1.82, 2.24) is 0 Å². The van der Waals surface area contributed by atoms with Gasteiger partial charge in [0.15, 0.2) is 0 Å². The highest BCUT2D eigenvalue weighted by Crippen LogP contribution is 2.35. The molecule has 0 radical (unpaired) electrons. The quantitative estimate of drug-likeness (QED) is 0.880. The van der Waals surface area contributed by atoms with Crippen molar-refractivity contribution in [3.05, 3.63) is 29.8 Å². The lowest BCUT2D eigenvalue weighted by atomic mass is 9.81. The van der Waals surface area contributed by atoms with Gasteiger partial charge in [0, 0.05) is 18.5 Å². The van der Waals surface area contributed by atoms with Gasteiger partial charge < -0.3 is 15.2 Å². The van der Waals surface area contributed by atoms with E-state index in [-0.39, 0.29) is 0 Å². The lowest BCUT2D eigenvalue weighted by Crippen LogP contribution is -2.55. The number of anilines is 1. The molecule has 1 fully saturated rings. The molecule has 1 aliphatic rings. The smallest absolute Gasteiger partial charge is 0.329 e. The van der Waals surface area contributed by atoms with Gasteiger partial charge in [-0.05, 0) is 32.9 Å². The van der Waals surface area contributed by atoms with Crippen molar-refractivity contribution in [3.8, 4) is 0 Å². The summed E-state index contributed by atoms with van der Waals surface area (Å²) in [5.74, 6) is -0.815. The van der Waals surface area contributed by atoms with E-state index in [1.54, 1.807) is 0 Å². The molecule has 2 rings (SSSR count). The Morgan fingerprint density at radius 1 is 1.32 bits per heavy atom. The van der Waals surface area contributed by atoms with Gasteiger partial charge in [-0.15, -0.1) is 0 Å². The Morgan fingerprint density at radius 2 is 1.95 bits per heavy atom. The van der Waals surface area contributed by atoms with Crippen LogP contribution in [-0.4, -0.2) is 28.8 Å². The third kappa shape index (κ3) is 3.07. The Bertz CT molecular complexity index is 467. The fourth-order valence-electron chi connectivity index (χ4n) is 2.62. The number of benzene rings is 1. The summed E-state index contributed by atoms with van der Waals surface area (Å²) in [6.07, 6.45) is 0.919. The maximum absolute atomic E-state index is 11.7. The summed E-state index contributed by atoms with van der Waals surface area (Å²) in [6.45, 7) is 6.33. The van der Waals surface area contributed by atoms with Crippen molar-refractivity contribution in [3.63, 3.8) is 0 Å². The molecule has 4 heteroatoms. The molecule has 1 saturated heterocycles. The summed E-state index contributed by atoms with van der Waals surface area (Å²) < 4.78 is 5.62. The molecular formula is C15H21NO3. The molecule has 104 valence electrons. The first-order chi connectivity index (χ1) is 8.83. The summed E-state index contributed by atoms with van der Waals surface area (Å²) in [4.78, 5) is 11.7. The number of ether oxygens (including phenoxy) is 1. The van der Waals surface area contributed by atoms with Gasteiger partial charge >= 0.3 is 5.97 Å². The predicted molar refractivity (Wildman–Crippen MR) is 74.4 cm³/mol. The van der Waals surface area contributed by atoms with Crippen molar-refractivity contribution in [2.24, 2.45) is 0 Å². The van der Waals surface area contributed by atoms with E-state index in [4.69, 9.17) is 4.74 Å². The average molecular weight is 263 g/mol. The average Bonchev–Trinajstić information content (AvgIpc) is 2.31. The van der Waals surface area contributed by atoms with Crippen LogP contribution < -0.4 is 5.32 Å². The van der Waals surface area contributed by atoms with E-state index in [1.807, 2.05) is 45.0 Å². The van der Waals surface area contributed by atoms with Crippen LogP contribution in [0.4, 0.5) is 5.69 Å². The first kappa shape index (κ1) is 13.9. The van der Waals surface area contributed by atoms with Gasteiger partial charge in [0.05, 0.1) is 12.2 Å². The molecule has 1 aliphatic heterocycles. The summed E-state index contributed by atoms with van der Waals surface area (Å²) in [6, 6.07) is 7.79. The lowest BCUT2D eigenvalue weighted by Gasteiger charge is -2.43. The number of carbonyl (C=O) groups is 1. The Labute approximate surface area is 113 Å². The minimum absolute atomic E-state index is 0.422. The minimum Gasteiger partial charge on any atom is -0.480 e. The normalized spacial score (nSPS) is 25.8. The summed E-state index contributed by atoms with van der Waals surface area (Å²) in [7, 11) is 0. The molecule has 1 atom stereocenters. The lowest BCUT2D eigenvalue weighted by molar-refractivity contribution is -0.152. The van der Waals surface area contributed by atoms with Gasteiger partial charge in [0.25, 0.3) is 0 Å². The highest BCUT2D eigenvalue weighted by Gasteiger charge is 2.46. The molecule has 1 aromatic rings. The van der Waals surface area contributed by atoms with Crippen LogP contribution in [0.1, 0.15) is 32.3 Å². The topological polar surface area (TPSA) is 58.6 Å². The molecule has 19 heavy (non-hydrogen) atoms. The summed E-state index contributed by atoms with van der Waals surface area (Å²) >= 11 is 0. The molecule has 0 aromatic heterocycles. The summed E-state index contributed by atoms with van der Waals surface area (Å²) in [5.41, 5.74) is 0.624. The van der Waals surface area contributed by atoms with E-state index in [2.05, 4.69) is 5.32 Å². The van der Waals surface area contributed by atoms with E-state index in [9.17, 15) is 9.90 Å². The maximum atomic E-state index is 11.7. The minimum atomic E-state index is -0.947. The number of aryl methyl sites for hydroxylation is 1. The van der Waals surface area contributed by atoms with Crippen LogP contribution in [0.15, 0.2) is 24.3 Å². The highest BCUT2D eigenvalue weighted by atomic mass is 16.5. The van der Waals surface area contributed by atoms with Gasteiger partial charge in [-0.3, -0.25) is 0 Å². The number of carboxylic acids is 1. The molecule has 1 heterocycles. The molecule has 4 nitrogen and oxygen atoms in total. The standard InChI is InChI=1S/C15H21NO3/c1-11-4-6-12(7-5-11)16-15(13(17)18)8-9-19-14(2,3)10-15/h4-7,16H,8-10H2,1-3H3,(H,17,18). The van der Waals surface area contributed by atoms with Crippen molar-refractivity contribution < 1.29 is 14.6 Å². The van der Waals surface area contributed by atoms with Gasteiger partial charge in [-0.25, -0.2) is 4.79 Å². The van der Waals surface area contributed by atoms with Crippen LogP contribution in [0.3, 0.4) is 0 Å². The predicted octanol–water partition coefficient (Wildman–Crippen LogP) is 2.82. The highest BCUT2D eigenvalue weighted by molar-refractivity contribution is 5.83. The molecule has 1 aromatic carbocycles. The monoisotopic (exact) mass is 263 g/mol. The van der Waals surface area contributed by atoms with Crippen LogP contribution in [-0.2, 0) is 9.53 Å². The molecular weight excluding hydrogens is 242 g/mol. The third-order valence-corrected chi connectivity index (χ3v) is 3.59. The number of rotatable bonds is 3. The SMILES string of the molecule is Cc1ccc(NC2(C(=O)O)CCOC(C)(C)C2)cc1. The Morgan fingerprint density at radius 3 is 2.47 bits per heavy atom. The number of hydrogen-bond acceptors (Lipinski definition) is 3. The van der Waals surface area contributed by atoms with Crippen molar-refractivity contribution >= 4 is 11.7 Å². The van der Waals surface area contributed by atoms with E-state index < -0.39 is 17.1 Å². The number of nitrogens with one attached hydrogen (secondary N) is 1. The third-order valence-electron chi connectivity index (χ3n) is 3.59. The van der Waals surface area contributed by atoms with E-state index in [1.165, 1.54) is 0 Å². The fraction of sp³-hybridized carbons (Fsp3) is 0.533. The molecule has 0 aliphatic carbocycles. The fourth-order valence-corrected chi connectivity index (χ4v) is 2.62. The molecule has 1 unspecified atom stereocenters. The van der Waals surface area contributed by atoms with E-state index in [0.29, 0.717) is 19.4 Å². The Kier molecular flexibility index (Phi) is 3.54. The van der Waals surface area contributed by atoms with Gasteiger partial charge in [-0.2, -0.15) is 0 Å². The van der Waals surface area contributed by atoms with Crippen LogP contribution in [0, 0.1) is 6.92 Å². The zero-order valence-corrected chi connectivity index (χ0v) is 11.7. The molecule has 0 amide bonds. The number of hydrogen-bond donors (Lipinski definition) is 2. The molecule has 0 bridgehead atoms. The van der Waals surface area contributed by atoms with Crippen LogP contribution >= 0.6 is 0 Å². The molecule has 0 spiro atoms. The van der Waals surface area contributed by atoms with Crippen LogP contribution in [0.2, 0.25) is 0 Å². The second-order valence-corrected chi connectivity index (χ2v) is 5.91. The number of carboxylic acid groups (broad SMARTS) is 1. The second-order valence-electron chi connectivity index (χ2n) is 5.91.